The number of nitrogens with zero attached hydrogens (tertiary/aromatic N) is 1. The van der Waals surface area contributed by atoms with E-state index in [1.54, 1.807) is 25.5 Å². The van der Waals surface area contributed by atoms with Gasteiger partial charge in [0, 0.05) is 5.02 Å². The molecule has 0 spiro atoms. The highest BCUT2D eigenvalue weighted by Crippen LogP contribution is 2.33. The van der Waals surface area contributed by atoms with E-state index >= 15 is 0 Å². The zero-order chi connectivity index (χ0) is 14.5. The van der Waals surface area contributed by atoms with Crippen molar-refractivity contribution in [1.29, 1.82) is 0 Å². The number of anilines is 1. The molecule has 1 N–H and O–H groups in total. The number of nitrogens with one attached hydrogen (secondary N) is 1. The van der Waals surface area contributed by atoms with Gasteiger partial charge in [0.05, 0.1) is 29.1 Å². The summed E-state index contributed by atoms with van der Waals surface area (Å²) in [6, 6.07) is 10.7. The molecular formula is C14H11Cl3N2O. The summed E-state index contributed by atoms with van der Waals surface area (Å²) in [4.78, 5) is 0. The summed E-state index contributed by atoms with van der Waals surface area (Å²) in [7, 11) is 1.61. The summed E-state index contributed by atoms with van der Waals surface area (Å²) >= 11 is 17.9. The molecule has 0 aliphatic heterocycles. The van der Waals surface area contributed by atoms with Crippen LogP contribution in [0.1, 0.15) is 5.56 Å². The van der Waals surface area contributed by atoms with Crippen LogP contribution in [0.15, 0.2) is 41.5 Å². The Hall–Kier alpha value is -1.42. The lowest BCUT2D eigenvalue weighted by atomic mass is 10.2. The minimum Gasteiger partial charge on any atom is -0.497 e. The standard InChI is InChI=1S/C14H11Cl3N2O/c1-20-11-4-2-3-9(5-11)8-18-19-14-12(16)6-10(15)7-13(14)17/h2-8,19H,1H3/b18-8-. The molecule has 0 unspecified atom stereocenters. The number of benzene rings is 2. The SMILES string of the molecule is COc1cccc(/C=N\Nc2c(Cl)cc(Cl)cc2Cl)c1. The minimum atomic E-state index is 0.408. The highest BCUT2D eigenvalue weighted by atomic mass is 35.5. The molecule has 0 amide bonds. The lowest BCUT2D eigenvalue weighted by Crippen LogP contribution is -1.93. The van der Waals surface area contributed by atoms with E-state index in [1.165, 1.54) is 0 Å². The summed E-state index contributed by atoms with van der Waals surface area (Å²) in [5.74, 6) is 0.761. The van der Waals surface area contributed by atoms with Crippen molar-refractivity contribution in [3.05, 3.63) is 57.0 Å². The first-order valence-corrected chi connectivity index (χ1v) is 6.81. The average molecular weight is 330 g/mol. The van der Waals surface area contributed by atoms with Gasteiger partial charge in [-0.05, 0) is 29.8 Å². The smallest absolute Gasteiger partial charge is 0.119 e. The molecule has 0 radical (unpaired) electrons. The third-order valence-corrected chi connectivity index (χ3v) is 3.31. The second kappa shape index (κ2) is 6.84. The van der Waals surface area contributed by atoms with Gasteiger partial charge in [-0.2, -0.15) is 5.10 Å². The topological polar surface area (TPSA) is 33.6 Å². The van der Waals surface area contributed by atoms with Crippen LogP contribution in [-0.2, 0) is 0 Å². The van der Waals surface area contributed by atoms with E-state index in [9.17, 15) is 0 Å². The Morgan fingerprint density at radius 3 is 2.45 bits per heavy atom. The molecule has 0 aliphatic rings. The van der Waals surface area contributed by atoms with E-state index in [2.05, 4.69) is 10.5 Å². The van der Waals surface area contributed by atoms with Crippen molar-refractivity contribution in [2.24, 2.45) is 5.10 Å². The number of hydrogen-bond donors (Lipinski definition) is 1. The van der Waals surface area contributed by atoms with Crippen LogP contribution in [0, 0.1) is 0 Å². The molecule has 0 aliphatic carbocycles. The van der Waals surface area contributed by atoms with E-state index in [4.69, 9.17) is 39.5 Å². The maximum absolute atomic E-state index is 6.04. The molecule has 0 atom stereocenters. The Morgan fingerprint density at radius 2 is 1.80 bits per heavy atom. The van der Waals surface area contributed by atoms with Gasteiger partial charge in [0.15, 0.2) is 0 Å². The van der Waals surface area contributed by atoms with E-state index in [0.717, 1.165) is 11.3 Å². The van der Waals surface area contributed by atoms with Crippen LogP contribution in [0.25, 0.3) is 0 Å². The summed E-state index contributed by atoms with van der Waals surface area (Å²) < 4.78 is 5.13. The number of hydrogen-bond acceptors (Lipinski definition) is 3. The zero-order valence-corrected chi connectivity index (χ0v) is 12.8. The van der Waals surface area contributed by atoms with E-state index in [1.807, 2.05) is 24.3 Å². The van der Waals surface area contributed by atoms with Crippen LogP contribution >= 0.6 is 34.8 Å². The van der Waals surface area contributed by atoms with Crippen LogP contribution in [0.2, 0.25) is 15.1 Å². The first kappa shape index (κ1) is 15.0. The molecule has 6 heteroatoms. The molecule has 0 heterocycles. The third-order valence-electron chi connectivity index (χ3n) is 2.49. The predicted octanol–water partition coefficient (Wildman–Crippen LogP) is 5.10. The normalized spacial score (nSPS) is 10.8. The first-order valence-electron chi connectivity index (χ1n) is 5.68. The van der Waals surface area contributed by atoms with Crippen LogP contribution in [0.3, 0.4) is 0 Å². The fourth-order valence-electron chi connectivity index (χ4n) is 1.54. The number of rotatable bonds is 4. The van der Waals surface area contributed by atoms with Crippen molar-refractivity contribution < 1.29 is 4.74 Å². The molecule has 2 aromatic rings. The molecule has 2 rings (SSSR count). The maximum Gasteiger partial charge on any atom is 0.119 e. The maximum atomic E-state index is 6.04. The Labute approximate surface area is 132 Å². The fourth-order valence-corrected chi connectivity index (χ4v) is 2.44. The molecular weight excluding hydrogens is 319 g/mol. The van der Waals surface area contributed by atoms with Gasteiger partial charge in [-0.3, -0.25) is 5.43 Å². The molecule has 104 valence electrons. The van der Waals surface area contributed by atoms with Gasteiger partial charge in [-0.15, -0.1) is 0 Å². The summed E-state index contributed by atoms with van der Waals surface area (Å²) in [5.41, 5.74) is 4.20. The predicted molar refractivity (Wildman–Crippen MR) is 85.7 cm³/mol. The van der Waals surface area contributed by atoms with Crippen LogP contribution in [-0.4, -0.2) is 13.3 Å². The Balaban J connectivity index is 2.14. The lowest BCUT2D eigenvalue weighted by molar-refractivity contribution is 0.415. The average Bonchev–Trinajstić information content (AvgIpc) is 2.42. The largest absolute Gasteiger partial charge is 0.497 e. The molecule has 0 fully saturated rings. The molecule has 3 nitrogen and oxygen atoms in total. The molecule has 0 saturated carbocycles. The van der Waals surface area contributed by atoms with Crippen molar-refractivity contribution in [3.63, 3.8) is 0 Å². The molecule has 0 aromatic heterocycles. The van der Waals surface area contributed by atoms with Crippen molar-refractivity contribution in [1.82, 2.24) is 0 Å². The lowest BCUT2D eigenvalue weighted by Gasteiger charge is -2.06. The van der Waals surface area contributed by atoms with Gasteiger partial charge in [0.1, 0.15) is 5.75 Å². The van der Waals surface area contributed by atoms with Crippen molar-refractivity contribution in [3.8, 4) is 5.75 Å². The second-order valence-corrected chi connectivity index (χ2v) is 5.14. The highest BCUT2D eigenvalue weighted by molar-refractivity contribution is 6.41. The summed E-state index contributed by atoms with van der Waals surface area (Å²) in [6.45, 7) is 0. The molecule has 20 heavy (non-hydrogen) atoms. The number of halogens is 3. The second-order valence-electron chi connectivity index (χ2n) is 3.89. The summed E-state index contributed by atoms with van der Waals surface area (Å²) in [6.07, 6.45) is 1.64. The Kier molecular flexibility index (Phi) is 5.12. The van der Waals surface area contributed by atoms with E-state index in [-0.39, 0.29) is 0 Å². The van der Waals surface area contributed by atoms with Crippen LogP contribution < -0.4 is 10.2 Å². The van der Waals surface area contributed by atoms with Crippen molar-refractivity contribution in [2.45, 2.75) is 0 Å². The zero-order valence-electron chi connectivity index (χ0n) is 10.5. The van der Waals surface area contributed by atoms with Gasteiger partial charge >= 0.3 is 0 Å². The van der Waals surface area contributed by atoms with Crippen LogP contribution in [0.4, 0.5) is 5.69 Å². The monoisotopic (exact) mass is 328 g/mol. The third kappa shape index (κ3) is 3.79. The summed E-state index contributed by atoms with van der Waals surface area (Å²) in [5, 5.41) is 5.39. The Morgan fingerprint density at radius 1 is 1.10 bits per heavy atom. The van der Waals surface area contributed by atoms with Crippen molar-refractivity contribution in [2.75, 3.05) is 12.5 Å². The number of hydrazone groups is 1. The number of methoxy groups -OCH3 is 1. The minimum absolute atomic E-state index is 0.408. The molecule has 0 saturated heterocycles. The first-order chi connectivity index (χ1) is 9.60. The van der Waals surface area contributed by atoms with Crippen molar-refractivity contribution >= 4 is 46.7 Å². The van der Waals surface area contributed by atoms with E-state index in [0.29, 0.717) is 20.8 Å². The van der Waals surface area contributed by atoms with Gasteiger partial charge in [-0.1, -0.05) is 46.9 Å². The molecule has 2 aromatic carbocycles. The van der Waals surface area contributed by atoms with Gasteiger partial charge in [-0.25, -0.2) is 0 Å². The Bertz CT molecular complexity index is 621. The van der Waals surface area contributed by atoms with Gasteiger partial charge in [0.25, 0.3) is 0 Å². The van der Waals surface area contributed by atoms with Crippen LogP contribution in [0.5, 0.6) is 5.75 Å². The number of ether oxygens (including phenoxy) is 1. The quantitative estimate of drug-likeness (QED) is 0.625. The molecule has 0 bridgehead atoms. The fraction of sp³-hybridized carbons (Fsp3) is 0.0714. The van der Waals surface area contributed by atoms with Gasteiger partial charge < -0.3 is 4.74 Å². The highest BCUT2D eigenvalue weighted by Gasteiger charge is 2.06. The van der Waals surface area contributed by atoms with E-state index < -0.39 is 0 Å². The van der Waals surface area contributed by atoms with Gasteiger partial charge in [0.2, 0.25) is 0 Å².